The molecule has 0 aliphatic heterocycles. The van der Waals surface area contributed by atoms with Crippen LogP contribution in [0.5, 0.6) is 11.5 Å². The van der Waals surface area contributed by atoms with Gasteiger partial charge in [0.25, 0.3) is 5.91 Å². The number of likely N-dealkylation sites (N-methyl/N-ethyl adjacent to an activating group) is 1. The molecule has 3 aromatic carbocycles. The van der Waals surface area contributed by atoms with Gasteiger partial charge < -0.3 is 24.3 Å². The summed E-state index contributed by atoms with van der Waals surface area (Å²) < 4.78 is 12.4. The highest BCUT2D eigenvalue weighted by atomic mass is 16.5. The molecule has 4 aromatic rings. The molecule has 1 heterocycles. The second kappa shape index (κ2) is 10.7. The van der Waals surface area contributed by atoms with E-state index in [0.717, 1.165) is 16.7 Å². The Balaban J connectivity index is 1.57. The molecule has 1 aromatic heterocycles. The number of ether oxygens (including phenoxy) is 2. The summed E-state index contributed by atoms with van der Waals surface area (Å²) in [5, 5.41) is 2.91. The Labute approximate surface area is 204 Å². The Hall–Kier alpha value is -4.33. The van der Waals surface area contributed by atoms with Crippen LogP contribution >= 0.6 is 0 Å². The maximum Gasteiger partial charge on any atom is 0.251 e. The Morgan fingerprint density at radius 2 is 1.66 bits per heavy atom. The number of nitrogens with one attached hydrogen (secondary N) is 1. The van der Waals surface area contributed by atoms with Crippen molar-refractivity contribution in [1.29, 1.82) is 0 Å². The zero-order valence-electron chi connectivity index (χ0n) is 20.0. The third-order valence-electron chi connectivity index (χ3n) is 5.76. The lowest BCUT2D eigenvalue weighted by molar-refractivity contribution is -0.119. The van der Waals surface area contributed by atoms with Crippen molar-refractivity contribution < 1.29 is 19.1 Å². The average molecular weight is 473 g/mol. The number of hydrogen-bond donors (Lipinski definition) is 1. The van der Waals surface area contributed by atoms with E-state index in [1.165, 1.54) is 7.11 Å². The molecule has 0 radical (unpaired) electrons. The molecule has 0 aliphatic rings. The van der Waals surface area contributed by atoms with Crippen LogP contribution in [-0.2, 0) is 17.9 Å². The number of para-hydroxylation sites is 3. The Bertz CT molecular complexity index is 1330. The minimum absolute atomic E-state index is 0.0608. The fourth-order valence-corrected chi connectivity index (χ4v) is 4.01. The van der Waals surface area contributed by atoms with Crippen molar-refractivity contribution in [3.63, 3.8) is 0 Å². The van der Waals surface area contributed by atoms with Crippen molar-refractivity contribution in [2.45, 2.75) is 20.0 Å². The largest absolute Gasteiger partial charge is 0.493 e. The smallest absolute Gasteiger partial charge is 0.251 e. The van der Waals surface area contributed by atoms with Crippen LogP contribution in [0.25, 0.3) is 11.0 Å². The molecule has 8 nitrogen and oxygen atoms in total. The molecule has 180 valence electrons. The lowest BCUT2D eigenvalue weighted by Gasteiger charge is -2.22. The monoisotopic (exact) mass is 472 g/mol. The molecule has 0 saturated carbocycles. The van der Waals surface area contributed by atoms with Crippen LogP contribution < -0.4 is 19.7 Å². The number of methoxy groups -OCH3 is 2. The summed E-state index contributed by atoms with van der Waals surface area (Å²) in [5.41, 5.74) is 2.87. The first-order valence-electron chi connectivity index (χ1n) is 11.4. The number of aromatic nitrogens is 2. The third kappa shape index (κ3) is 5.11. The van der Waals surface area contributed by atoms with Crippen LogP contribution in [-0.4, -0.2) is 42.1 Å². The van der Waals surface area contributed by atoms with Crippen LogP contribution in [0.3, 0.4) is 0 Å². The standard InChI is InChI=1S/C27H28N4O4/c1-4-30(20-10-6-5-7-11-20)26(32)18-31-22-13-9-8-12-21(22)29-25(31)17-28-27(33)19-14-15-23(34-2)24(16-19)35-3/h5-16H,4,17-18H2,1-3H3,(H,28,33). The first-order valence-corrected chi connectivity index (χ1v) is 11.4. The number of amides is 2. The first-order chi connectivity index (χ1) is 17.0. The van der Waals surface area contributed by atoms with Gasteiger partial charge in [0, 0.05) is 17.8 Å². The molecule has 4 rings (SSSR count). The number of rotatable bonds is 9. The van der Waals surface area contributed by atoms with E-state index in [2.05, 4.69) is 10.3 Å². The topological polar surface area (TPSA) is 85.7 Å². The zero-order valence-corrected chi connectivity index (χ0v) is 20.0. The molecular formula is C27H28N4O4. The summed E-state index contributed by atoms with van der Waals surface area (Å²) in [6.45, 7) is 2.75. The van der Waals surface area contributed by atoms with Crippen molar-refractivity contribution in [1.82, 2.24) is 14.9 Å². The summed E-state index contributed by atoms with van der Waals surface area (Å²) in [7, 11) is 3.06. The van der Waals surface area contributed by atoms with Gasteiger partial charge in [0.05, 0.1) is 31.8 Å². The quantitative estimate of drug-likeness (QED) is 0.397. The van der Waals surface area contributed by atoms with E-state index in [9.17, 15) is 9.59 Å². The third-order valence-corrected chi connectivity index (χ3v) is 5.76. The van der Waals surface area contributed by atoms with E-state index in [-0.39, 0.29) is 24.9 Å². The van der Waals surface area contributed by atoms with Gasteiger partial charge in [-0.2, -0.15) is 0 Å². The van der Waals surface area contributed by atoms with Gasteiger partial charge in [-0.3, -0.25) is 9.59 Å². The summed E-state index contributed by atoms with van der Waals surface area (Å²) >= 11 is 0. The maximum atomic E-state index is 13.3. The highest BCUT2D eigenvalue weighted by Crippen LogP contribution is 2.27. The number of hydrogen-bond acceptors (Lipinski definition) is 5. The molecule has 0 bridgehead atoms. The van der Waals surface area contributed by atoms with Gasteiger partial charge in [-0.15, -0.1) is 0 Å². The molecule has 8 heteroatoms. The van der Waals surface area contributed by atoms with Gasteiger partial charge in [-0.1, -0.05) is 30.3 Å². The lowest BCUT2D eigenvalue weighted by Crippen LogP contribution is -2.34. The van der Waals surface area contributed by atoms with Crippen molar-refractivity contribution >= 4 is 28.5 Å². The summed E-state index contributed by atoms with van der Waals surface area (Å²) in [6, 6.07) is 22.2. The molecule has 2 amide bonds. The summed E-state index contributed by atoms with van der Waals surface area (Å²) in [6.07, 6.45) is 0. The Morgan fingerprint density at radius 1 is 0.943 bits per heavy atom. The van der Waals surface area contributed by atoms with E-state index >= 15 is 0 Å². The number of anilines is 1. The zero-order chi connectivity index (χ0) is 24.8. The average Bonchev–Trinajstić information content (AvgIpc) is 3.25. The predicted octanol–water partition coefficient (Wildman–Crippen LogP) is 4.04. The van der Waals surface area contributed by atoms with Crippen LogP contribution in [0.1, 0.15) is 23.1 Å². The predicted molar refractivity (Wildman–Crippen MR) is 135 cm³/mol. The molecule has 0 fully saturated rings. The lowest BCUT2D eigenvalue weighted by atomic mass is 10.2. The number of carbonyl (C=O) groups excluding carboxylic acids is 2. The molecule has 0 unspecified atom stereocenters. The minimum Gasteiger partial charge on any atom is -0.493 e. The summed E-state index contributed by atoms with van der Waals surface area (Å²) in [5.74, 6) is 1.27. The fraction of sp³-hybridized carbons (Fsp3) is 0.222. The van der Waals surface area contributed by atoms with Crippen LogP contribution in [0.2, 0.25) is 0 Å². The van der Waals surface area contributed by atoms with Gasteiger partial charge in [-0.25, -0.2) is 4.98 Å². The van der Waals surface area contributed by atoms with Crippen LogP contribution in [0, 0.1) is 0 Å². The second-order valence-electron chi connectivity index (χ2n) is 7.83. The van der Waals surface area contributed by atoms with Gasteiger partial charge >= 0.3 is 0 Å². The van der Waals surface area contributed by atoms with Crippen molar-refractivity contribution in [3.05, 3.63) is 84.2 Å². The van der Waals surface area contributed by atoms with E-state index < -0.39 is 0 Å². The molecular weight excluding hydrogens is 444 g/mol. The minimum atomic E-state index is -0.282. The van der Waals surface area contributed by atoms with Crippen molar-refractivity contribution in [2.24, 2.45) is 0 Å². The van der Waals surface area contributed by atoms with Crippen LogP contribution in [0.4, 0.5) is 5.69 Å². The van der Waals surface area contributed by atoms with E-state index in [0.29, 0.717) is 29.4 Å². The van der Waals surface area contributed by atoms with E-state index in [1.807, 2.05) is 66.1 Å². The van der Waals surface area contributed by atoms with E-state index in [1.54, 1.807) is 30.2 Å². The normalized spacial score (nSPS) is 10.7. The van der Waals surface area contributed by atoms with Crippen molar-refractivity contribution in [3.8, 4) is 11.5 Å². The number of fused-ring (bicyclic) bond motifs is 1. The Kier molecular flexibility index (Phi) is 7.30. The SMILES string of the molecule is CCN(C(=O)Cn1c(CNC(=O)c2ccc(OC)c(OC)c2)nc2ccccc21)c1ccccc1. The number of carbonyl (C=O) groups is 2. The molecule has 0 spiro atoms. The fourth-order valence-electron chi connectivity index (χ4n) is 4.01. The second-order valence-corrected chi connectivity index (χ2v) is 7.83. The van der Waals surface area contributed by atoms with Gasteiger partial charge in [0.2, 0.25) is 5.91 Å². The molecule has 0 saturated heterocycles. The van der Waals surface area contributed by atoms with Gasteiger partial charge in [-0.05, 0) is 49.4 Å². The highest BCUT2D eigenvalue weighted by Gasteiger charge is 2.19. The van der Waals surface area contributed by atoms with Crippen molar-refractivity contribution in [2.75, 3.05) is 25.7 Å². The molecule has 1 N–H and O–H groups in total. The summed E-state index contributed by atoms with van der Waals surface area (Å²) in [4.78, 5) is 32.6. The molecule has 0 atom stereocenters. The Morgan fingerprint density at radius 3 is 2.37 bits per heavy atom. The molecule has 35 heavy (non-hydrogen) atoms. The van der Waals surface area contributed by atoms with Gasteiger partial charge in [0.1, 0.15) is 12.4 Å². The molecule has 0 aliphatic carbocycles. The maximum absolute atomic E-state index is 13.3. The number of imidazole rings is 1. The number of nitrogens with zero attached hydrogens (tertiary/aromatic N) is 3. The number of benzene rings is 3. The van der Waals surface area contributed by atoms with E-state index in [4.69, 9.17) is 9.47 Å². The van der Waals surface area contributed by atoms with Crippen LogP contribution in [0.15, 0.2) is 72.8 Å². The van der Waals surface area contributed by atoms with Gasteiger partial charge in [0.15, 0.2) is 11.5 Å². The first kappa shape index (κ1) is 23.8. The highest BCUT2D eigenvalue weighted by molar-refractivity contribution is 5.95.